The fourth-order valence-electron chi connectivity index (χ4n) is 2.58. The Bertz CT molecular complexity index is 853. The van der Waals surface area contributed by atoms with Gasteiger partial charge in [0.05, 0.1) is 30.8 Å². The molecule has 25 heavy (non-hydrogen) atoms. The minimum atomic E-state index is -0.185. The molecule has 0 aliphatic carbocycles. The number of carbonyl (C=O) groups is 1. The molecule has 1 amide bonds. The number of nitrogens with zero attached hydrogens (tertiary/aromatic N) is 3. The largest absolute Gasteiger partial charge is 0.497 e. The number of amides is 1. The van der Waals surface area contributed by atoms with Crippen molar-refractivity contribution in [2.45, 2.75) is 26.4 Å². The lowest BCUT2D eigenvalue weighted by molar-refractivity contribution is 0.0951. The molecule has 130 valence electrons. The molecule has 2 N–H and O–H groups in total. The van der Waals surface area contributed by atoms with Gasteiger partial charge in [0, 0.05) is 30.4 Å². The first kappa shape index (κ1) is 16.8. The summed E-state index contributed by atoms with van der Waals surface area (Å²) in [6.07, 6.45) is 6.27. The quantitative estimate of drug-likeness (QED) is 0.693. The topological polar surface area (TPSA) is 84.8 Å². The molecule has 2 heterocycles. The maximum absolute atomic E-state index is 12.5. The monoisotopic (exact) mass is 339 g/mol. The van der Waals surface area contributed by atoms with Gasteiger partial charge in [0.25, 0.3) is 5.91 Å². The van der Waals surface area contributed by atoms with Crippen molar-refractivity contribution in [2.24, 2.45) is 0 Å². The van der Waals surface area contributed by atoms with E-state index in [1.54, 1.807) is 13.3 Å². The number of aromatic nitrogens is 4. The Labute approximate surface area is 146 Å². The van der Waals surface area contributed by atoms with Gasteiger partial charge in [0.15, 0.2) is 0 Å². The van der Waals surface area contributed by atoms with Crippen molar-refractivity contribution in [3.63, 3.8) is 0 Å². The predicted molar refractivity (Wildman–Crippen MR) is 94.3 cm³/mol. The van der Waals surface area contributed by atoms with Crippen LogP contribution in [0.2, 0.25) is 0 Å². The second-order valence-electron chi connectivity index (χ2n) is 5.68. The van der Waals surface area contributed by atoms with E-state index >= 15 is 0 Å². The summed E-state index contributed by atoms with van der Waals surface area (Å²) in [6, 6.07) is 7.49. The van der Waals surface area contributed by atoms with Gasteiger partial charge in [-0.05, 0) is 18.6 Å². The highest BCUT2D eigenvalue weighted by Gasteiger charge is 2.15. The molecular weight excluding hydrogens is 318 g/mol. The first-order valence-corrected chi connectivity index (χ1v) is 8.18. The van der Waals surface area contributed by atoms with E-state index in [9.17, 15) is 4.79 Å². The van der Waals surface area contributed by atoms with E-state index in [0.29, 0.717) is 17.8 Å². The van der Waals surface area contributed by atoms with Crippen LogP contribution < -0.4 is 10.1 Å². The van der Waals surface area contributed by atoms with Crippen LogP contribution in [0.5, 0.6) is 5.75 Å². The van der Waals surface area contributed by atoms with Crippen LogP contribution in [0.1, 0.15) is 29.3 Å². The number of hydrogen-bond acceptors (Lipinski definition) is 4. The molecule has 3 aromatic rings. The Kier molecular flexibility index (Phi) is 5.13. The Morgan fingerprint density at radius 3 is 3.04 bits per heavy atom. The standard InChI is InChI=1S/C18H21N5O2/c1-3-7-23-12-13(10-21-23)9-19-18(24)16-11-20-22-17(16)14-5-4-6-15(8-14)25-2/h4-6,8,10-12H,3,7,9H2,1-2H3,(H,19,24)(H,20,22). The normalized spacial score (nSPS) is 10.6. The summed E-state index contributed by atoms with van der Waals surface area (Å²) < 4.78 is 7.11. The molecular formula is C18H21N5O2. The predicted octanol–water partition coefficient (Wildman–Crippen LogP) is 2.62. The van der Waals surface area contributed by atoms with E-state index in [4.69, 9.17) is 4.74 Å². The number of ether oxygens (including phenoxy) is 1. The lowest BCUT2D eigenvalue weighted by Gasteiger charge is -2.06. The summed E-state index contributed by atoms with van der Waals surface area (Å²) in [7, 11) is 1.61. The van der Waals surface area contributed by atoms with Crippen molar-refractivity contribution in [1.29, 1.82) is 0 Å². The number of benzene rings is 1. The molecule has 7 nitrogen and oxygen atoms in total. The van der Waals surface area contributed by atoms with E-state index in [2.05, 4.69) is 27.5 Å². The average Bonchev–Trinajstić information content (AvgIpc) is 3.29. The van der Waals surface area contributed by atoms with E-state index in [1.165, 1.54) is 6.20 Å². The van der Waals surface area contributed by atoms with Crippen LogP contribution in [0.4, 0.5) is 0 Å². The number of aromatic amines is 1. The summed E-state index contributed by atoms with van der Waals surface area (Å²) in [4.78, 5) is 12.5. The lowest BCUT2D eigenvalue weighted by atomic mass is 10.1. The Morgan fingerprint density at radius 1 is 1.36 bits per heavy atom. The fourth-order valence-corrected chi connectivity index (χ4v) is 2.58. The highest BCUT2D eigenvalue weighted by atomic mass is 16.5. The van der Waals surface area contributed by atoms with Crippen molar-refractivity contribution >= 4 is 5.91 Å². The van der Waals surface area contributed by atoms with Gasteiger partial charge < -0.3 is 10.1 Å². The molecule has 0 aliphatic rings. The van der Waals surface area contributed by atoms with Crippen LogP contribution in [0.3, 0.4) is 0 Å². The maximum Gasteiger partial charge on any atom is 0.255 e. The highest BCUT2D eigenvalue weighted by Crippen LogP contribution is 2.24. The smallest absolute Gasteiger partial charge is 0.255 e. The summed E-state index contributed by atoms with van der Waals surface area (Å²) >= 11 is 0. The SMILES string of the molecule is CCCn1cc(CNC(=O)c2cn[nH]c2-c2cccc(OC)c2)cn1. The molecule has 7 heteroatoms. The summed E-state index contributed by atoms with van der Waals surface area (Å²) in [5, 5.41) is 14.1. The molecule has 0 aliphatic heterocycles. The number of rotatable bonds is 7. The molecule has 0 fully saturated rings. The molecule has 0 atom stereocenters. The third kappa shape index (κ3) is 3.88. The van der Waals surface area contributed by atoms with E-state index in [1.807, 2.05) is 35.1 Å². The van der Waals surface area contributed by atoms with Crippen LogP contribution in [0.15, 0.2) is 42.9 Å². The van der Waals surface area contributed by atoms with E-state index < -0.39 is 0 Å². The van der Waals surface area contributed by atoms with Gasteiger partial charge in [0.1, 0.15) is 5.75 Å². The number of aryl methyl sites for hydroxylation is 1. The molecule has 0 bridgehead atoms. The van der Waals surface area contributed by atoms with E-state index in [-0.39, 0.29) is 5.91 Å². The summed E-state index contributed by atoms with van der Waals surface area (Å²) in [6.45, 7) is 3.39. The van der Waals surface area contributed by atoms with Gasteiger partial charge in [-0.25, -0.2) is 0 Å². The Morgan fingerprint density at radius 2 is 2.24 bits per heavy atom. The summed E-state index contributed by atoms with van der Waals surface area (Å²) in [5.41, 5.74) is 2.97. The molecule has 0 radical (unpaired) electrons. The van der Waals surface area contributed by atoms with Crippen LogP contribution in [-0.4, -0.2) is 33.0 Å². The molecule has 0 saturated carbocycles. The number of carbonyl (C=O) groups excluding carboxylic acids is 1. The maximum atomic E-state index is 12.5. The number of hydrogen-bond donors (Lipinski definition) is 2. The van der Waals surface area contributed by atoms with Crippen molar-refractivity contribution in [3.05, 3.63) is 54.0 Å². The van der Waals surface area contributed by atoms with E-state index in [0.717, 1.165) is 29.8 Å². The second kappa shape index (κ2) is 7.65. The van der Waals surface area contributed by atoms with Crippen molar-refractivity contribution in [2.75, 3.05) is 7.11 Å². The van der Waals surface area contributed by atoms with Gasteiger partial charge in [-0.3, -0.25) is 14.6 Å². The molecule has 1 aromatic carbocycles. The Balaban J connectivity index is 1.71. The number of nitrogens with one attached hydrogen (secondary N) is 2. The lowest BCUT2D eigenvalue weighted by Crippen LogP contribution is -2.22. The molecule has 3 rings (SSSR count). The van der Waals surface area contributed by atoms with Crippen molar-refractivity contribution < 1.29 is 9.53 Å². The van der Waals surface area contributed by atoms with Crippen LogP contribution in [-0.2, 0) is 13.1 Å². The van der Waals surface area contributed by atoms with Crippen molar-refractivity contribution in [1.82, 2.24) is 25.3 Å². The minimum Gasteiger partial charge on any atom is -0.497 e. The zero-order valence-electron chi connectivity index (χ0n) is 14.3. The van der Waals surface area contributed by atoms with Gasteiger partial charge in [-0.15, -0.1) is 0 Å². The van der Waals surface area contributed by atoms with Gasteiger partial charge in [-0.1, -0.05) is 19.1 Å². The molecule has 0 spiro atoms. The zero-order valence-corrected chi connectivity index (χ0v) is 14.3. The van der Waals surface area contributed by atoms with Crippen LogP contribution >= 0.6 is 0 Å². The third-order valence-electron chi connectivity index (χ3n) is 3.83. The third-order valence-corrected chi connectivity index (χ3v) is 3.83. The second-order valence-corrected chi connectivity index (χ2v) is 5.68. The highest BCUT2D eigenvalue weighted by molar-refractivity contribution is 5.99. The fraction of sp³-hybridized carbons (Fsp3) is 0.278. The van der Waals surface area contributed by atoms with Crippen molar-refractivity contribution in [3.8, 4) is 17.0 Å². The Hall–Kier alpha value is -3.09. The van der Waals surface area contributed by atoms with Gasteiger partial charge in [-0.2, -0.15) is 10.2 Å². The molecule has 0 saturated heterocycles. The minimum absolute atomic E-state index is 0.185. The summed E-state index contributed by atoms with van der Waals surface area (Å²) in [5.74, 6) is 0.539. The first-order chi connectivity index (χ1) is 12.2. The average molecular weight is 339 g/mol. The van der Waals surface area contributed by atoms with Gasteiger partial charge >= 0.3 is 0 Å². The molecule has 2 aromatic heterocycles. The van der Waals surface area contributed by atoms with Crippen LogP contribution in [0, 0.1) is 0 Å². The molecule has 0 unspecified atom stereocenters. The number of H-pyrrole nitrogens is 1. The van der Waals surface area contributed by atoms with Gasteiger partial charge in [0.2, 0.25) is 0 Å². The first-order valence-electron chi connectivity index (χ1n) is 8.18. The number of methoxy groups -OCH3 is 1. The zero-order chi connectivity index (χ0) is 17.6. The van der Waals surface area contributed by atoms with Crippen LogP contribution in [0.25, 0.3) is 11.3 Å².